The van der Waals surface area contributed by atoms with Crippen LogP contribution in [0.15, 0.2) is 84.9 Å². The molecule has 0 atom stereocenters. The van der Waals surface area contributed by atoms with Gasteiger partial charge >= 0.3 is 0 Å². The van der Waals surface area contributed by atoms with Gasteiger partial charge in [0.05, 0.1) is 0 Å². The first-order chi connectivity index (χ1) is 12.4. The summed E-state index contributed by atoms with van der Waals surface area (Å²) < 4.78 is 2.71. The first kappa shape index (κ1) is 14.4. The summed E-state index contributed by atoms with van der Waals surface area (Å²) in [5.74, 6) is 0. The minimum Gasteiger partial charge on any atom is -0.135 e. The van der Waals surface area contributed by atoms with Crippen LogP contribution >= 0.6 is 11.3 Å². The van der Waals surface area contributed by atoms with Gasteiger partial charge in [0.25, 0.3) is 0 Å². The van der Waals surface area contributed by atoms with Crippen molar-refractivity contribution in [3.8, 4) is 0 Å². The predicted octanol–water partition coefficient (Wildman–Crippen LogP) is 7.38. The van der Waals surface area contributed by atoms with E-state index in [1.165, 1.54) is 42.1 Å². The second kappa shape index (κ2) is 5.87. The summed E-state index contributed by atoms with van der Waals surface area (Å²) in [6.45, 7) is 0. The van der Waals surface area contributed by atoms with E-state index in [0.29, 0.717) is 0 Å². The molecule has 1 aromatic heterocycles. The van der Waals surface area contributed by atoms with Crippen LogP contribution < -0.4 is 0 Å². The van der Waals surface area contributed by atoms with Gasteiger partial charge in [-0.25, -0.2) is 0 Å². The molecule has 0 N–H and O–H groups in total. The molecule has 0 spiro atoms. The second-order valence-corrected chi connectivity index (χ2v) is 7.28. The first-order valence-corrected chi connectivity index (χ1v) is 9.28. The lowest BCUT2D eigenvalue weighted by Crippen LogP contribution is -1.78. The highest BCUT2D eigenvalue weighted by Crippen LogP contribution is 2.36. The van der Waals surface area contributed by atoms with Gasteiger partial charge in [0.2, 0.25) is 0 Å². The molecule has 118 valence electrons. The van der Waals surface area contributed by atoms with Crippen LogP contribution in [-0.2, 0) is 0 Å². The van der Waals surface area contributed by atoms with E-state index in [2.05, 4.69) is 97.1 Å². The molecular formula is C24H16S. The van der Waals surface area contributed by atoms with E-state index in [1.807, 2.05) is 11.3 Å². The van der Waals surface area contributed by atoms with Crippen LogP contribution in [0.1, 0.15) is 11.1 Å². The van der Waals surface area contributed by atoms with Gasteiger partial charge in [-0.1, -0.05) is 91.0 Å². The lowest BCUT2D eigenvalue weighted by molar-refractivity contribution is 1.71. The maximum Gasteiger partial charge on any atom is 0.0427 e. The van der Waals surface area contributed by atoms with Gasteiger partial charge < -0.3 is 0 Å². The van der Waals surface area contributed by atoms with Crippen LogP contribution in [0.3, 0.4) is 0 Å². The molecule has 0 unspecified atom stereocenters. The highest BCUT2D eigenvalue weighted by molar-refractivity contribution is 7.26. The zero-order valence-electron chi connectivity index (χ0n) is 13.6. The van der Waals surface area contributed by atoms with Gasteiger partial charge in [-0.2, -0.15) is 0 Å². The van der Waals surface area contributed by atoms with Crippen molar-refractivity contribution in [2.24, 2.45) is 0 Å². The molecule has 4 aromatic carbocycles. The molecule has 25 heavy (non-hydrogen) atoms. The zero-order valence-corrected chi connectivity index (χ0v) is 14.5. The van der Waals surface area contributed by atoms with Crippen molar-refractivity contribution in [1.29, 1.82) is 0 Å². The van der Waals surface area contributed by atoms with Crippen molar-refractivity contribution in [1.82, 2.24) is 0 Å². The SMILES string of the molecule is C(=Cc1cccc2c1sc1ccccc12)c1cccc2ccccc12. The molecule has 0 saturated carbocycles. The molecule has 0 aliphatic rings. The number of hydrogen-bond donors (Lipinski definition) is 0. The Labute approximate surface area is 150 Å². The molecule has 0 amide bonds. The summed E-state index contributed by atoms with van der Waals surface area (Å²) in [6, 6.07) is 30.3. The van der Waals surface area contributed by atoms with Gasteiger partial charge in [0.1, 0.15) is 0 Å². The monoisotopic (exact) mass is 336 g/mol. The highest BCUT2D eigenvalue weighted by Gasteiger charge is 2.06. The van der Waals surface area contributed by atoms with Crippen LogP contribution in [-0.4, -0.2) is 0 Å². The van der Waals surface area contributed by atoms with E-state index in [0.717, 1.165) is 0 Å². The Morgan fingerprint density at radius 1 is 0.520 bits per heavy atom. The topological polar surface area (TPSA) is 0 Å². The largest absolute Gasteiger partial charge is 0.135 e. The van der Waals surface area contributed by atoms with Gasteiger partial charge in [-0.3, -0.25) is 0 Å². The Morgan fingerprint density at radius 3 is 2.12 bits per heavy atom. The molecule has 1 heteroatoms. The summed E-state index contributed by atoms with van der Waals surface area (Å²) in [5, 5.41) is 5.28. The molecule has 0 aliphatic carbocycles. The highest BCUT2D eigenvalue weighted by atomic mass is 32.1. The van der Waals surface area contributed by atoms with Crippen LogP contribution in [0.4, 0.5) is 0 Å². The van der Waals surface area contributed by atoms with E-state index in [1.54, 1.807) is 0 Å². The molecule has 0 saturated heterocycles. The fourth-order valence-electron chi connectivity index (χ4n) is 3.48. The number of rotatable bonds is 2. The molecule has 5 rings (SSSR count). The lowest BCUT2D eigenvalue weighted by atomic mass is 10.0. The van der Waals surface area contributed by atoms with Crippen molar-refractivity contribution in [2.45, 2.75) is 0 Å². The normalized spacial score (nSPS) is 11.8. The van der Waals surface area contributed by atoms with Crippen LogP contribution in [0.2, 0.25) is 0 Å². The van der Waals surface area contributed by atoms with Crippen LogP contribution in [0.5, 0.6) is 0 Å². The summed E-state index contributed by atoms with van der Waals surface area (Å²) in [7, 11) is 0. The number of hydrogen-bond acceptors (Lipinski definition) is 1. The minimum atomic E-state index is 1.26. The van der Waals surface area contributed by atoms with E-state index in [-0.39, 0.29) is 0 Å². The summed E-state index contributed by atoms with van der Waals surface area (Å²) in [4.78, 5) is 0. The van der Waals surface area contributed by atoms with E-state index < -0.39 is 0 Å². The maximum absolute atomic E-state index is 2.25. The summed E-state index contributed by atoms with van der Waals surface area (Å²) in [6.07, 6.45) is 4.49. The fourth-order valence-corrected chi connectivity index (χ4v) is 4.67. The molecule has 1 heterocycles. The van der Waals surface area contributed by atoms with Crippen molar-refractivity contribution in [2.75, 3.05) is 0 Å². The van der Waals surface area contributed by atoms with Gasteiger partial charge in [-0.05, 0) is 28.0 Å². The quantitative estimate of drug-likeness (QED) is 0.295. The first-order valence-electron chi connectivity index (χ1n) is 8.46. The smallest absolute Gasteiger partial charge is 0.0427 e. The average molecular weight is 336 g/mol. The molecule has 0 bridgehead atoms. The molecule has 0 radical (unpaired) electrons. The Bertz CT molecular complexity index is 1240. The fraction of sp³-hybridized carbons (Fsp3) is 0. The van der Waals surface area contributed by atoms with Gasteiger partial charge in [-0.15, -0.1) is 11.3 Å². The van der Waals surface area contributed by atoms with E-state index in [9.17, 15) is 0 Å². The van der Waals surface area contributed by atoms with E-state index in [4.69, 9.17) is 0 Å². The Hall–Kier alpha value is -2.90. The molecule has 0 aliphatic heterocycles. The van der Waals surface area contributed by atoms with Crippen molar-refractivity contribution in [3.63, 3.8) is 0 Å². The summed E-state index contributed by atoms with van der Waals surface area (Å²) in [5.41, 5.74) is 2.54. The van der Waals surface area contributed by atoms with Gasteiger partial charge in [0, 0.05) is 20.2 Å². The third-order valence-corrected chi connectivity index (χ3v) is 5.94. The Kier molecular flexibility index (Phi) is 3.39. The van der Waals surface area contributed by atoms with Crippen LogP contribution in [0.25, 0.3) is 43.1 Å². The predicted molar refractivity (Wildman–Crippen MR) is 112 cm³/mol. The molecular weight excluding hydrogens is 320 g/mol. The van der Waals surface area contributed by atoms with Crippen molar-refractivity contribution < 1.29 is 0 Å². The molecule has 5 aromatic rings. The minimum absolute atomic E-state index is 1.26. The van der Waals surface area contributed by atoms with Crippen molar-refractivity contribution >= 4 is 54.4 Å². The van der Waals surface area contributed by atoms with Crippen molar-refractivity contribution in [3.05, 3.63) is 96.1 Å². The van der Waals surface area contributed by atoms with E-state index >= 15 is 0 Å². The number of thiophene rings is 1. The molecule has 0 fully saturated rings. The third-order valence-electron chi connectivity index (χ3n) is 4.70. The molecule has 0 nitrogen and oxygen atoms in total. The Morgan fingerprint density at radius 2 is 1.16 bits per heavy atom. The summed E-state index contributed by atoms with van der Waals surface area (Å²) >= 11 is 1.88. The standard InChI is InChI=1S/C24H16S/c1-2-11-20-17(7-1)8-5-9-18(20)15-16-19-10-6-13-22-21-12-3-4-14-23(21)25-24(19)22/h1-16H. The number of benzene rings is 4. The number of fused-ring (bicyclic) bond motifs is 4. The average Bonchev–Trinajstić information content (AvgIpc) is 3.06. The Balaban J connectivity index is 1.67. The maximum atomic E-state index is 2.25. The lowest BCUT2D eigenvalue weighted by Gasteiger charge is -2.02. The third kappa shape index (κ3) is 2.45. The van der Waals surface area contributed by atoms with Gasteiger partial charge in [0.15, 0.2) is 0 Å². The zero-order chi connectivity index (χ0) is 16.6. The van der Waals surface area contributed by atoms with Crippen LogP contribution in [0, 0.1) is 0 Å². The second-order valence-electron chi connectivity index (χ2n) is 6.22.